The Morgan fingerprint density at radius 1 is 1.56 bits per heavy atom. The molecule has 1 atom stereocenters. The molecule has 4 heteroatoms. The molecule has 16 heavy (non-hydrogen) atoms. The van der Waals surface area contributed by atoms with Gasteiger partial charge in [0.15, 0.2) is 0 Å². The van der Waals surface area contributed by atoms with Crippen LogP contribution in [0.15, 0.2) is 30.6 Å². The Morgan fingerprint density at radius 3 is 3.12 bits per heavy atom. The lowest BCUT2D eigenvalue weighted by Crippen LogP contribution is -2.29. The van der Waals surface area contributed by atoms with Crippen molar-refractivity contribution < 1.29 is 0 Å². The van der Waals surface area contributed by atoms with Crippen molar-refractivity contribution in [3.63, 3.8) is 0 Å². The zero-order valence-electron chi connectivity index (χ0n) is 9.46. The normalized spacial score (nSPS) is 12.3. The fourth-order valence-electron chi connectivity index (χ4n) is 1.71. The Labute approximate surface area is 94.7 Å². The van der Waals surface area contributed by atoms with Crippen molar-refractivity contribution in [1.82, 2.24) is 9.38 Å². The number of nitrogens with zero attached hydrogens (tertiary/aromatic N) is 4. The number of aromatic nitrogens is 2. The van der Waals surface area contributed by atoms with Gasteiger partial charge < -0.3 is 4.90 Å². The number of hydrogen-bond acceptors (Lipinski definition) is 3. The molecule has 0 fully saturated rings. The highest BCUT2D eigenvalue weighted by Crippen LogP contribution is 2.17. The molecule has 0 aromatic carbocycles. The average Bonchev–Trinajstić information content (AvgIpc) is 2.76. The first-order chi connectivity index (χ1) is 7.74. The molecule has 2 heterocycles. The Hall–Kier alpha value is -2.02. The van der Waals surface area contributed by atoms with E-state index in [1.54, 1.807) is 6.20 Å². The molecule has 0 amide bonds. The molecule has 0 aliphatic heterocycles. The minimum absolute atomic E-state index is 0.193. The number of nitriles is 1. The Morgan fingerprint density at radius 2 is 2.38 bits per heavy atom. The van der Waals surface area contributed by atoms with Crippen molar-refractivity contribution in [2.45, 2.75) is 19.4 Å². The van der Waals surface area contributed by atoms with Gasteiger partial charge in [0.05, 0.1) is 12.5 Å². The fraction of sp³-hybridized carbons (Fsp3) is 0.333. The maximum absolute atomic E-state index is 8.71. The van der Waals surface area contributed by atoms with Gasteiger partial charge in [0.1, 0.15) is 11.5 Å². The number of rotatable bonds is 3. The number of anilines is 1. The maximum Gasteiger partial charge on any atom is 0.138 e. The number of pyridine rings is 1. The van der Waals surface area contributed by atoms with Crippen LogP contribution in [0.1, 0.15) is 13.3 Å². The van der Waals surface area contributed by atoms with Gasteiger partial charge in [0, 0.05) is 25.5 Å². The summed E-state index contributed by atoms with van der Waals surface area (Å²) in [4.78, 5) is 6.33. The summed E-state index contributed by atoms with van der Waals surface area (Å²) in [6.07, 6.45) is 4.23. The Balaban J connectivity index is 2.39. The third-order valence-electron chi connectivity index (χ3n) is 2.82. The summed E-state index contributed by atoms with van der Waals surface area (Å²) in [5.41, 5.74) is 0.925. The van der Waals surface area contributed by atoms with Crippen LogP contribution >= 0.6 is 0 Å². The second-order valence-corrected chi connectivity index (χ2v) is 3.86. The van der Waals surface area contributed by atoms with Crippen LogP contribution in [0.5, 0.6) is 0 Å². The van der Waals surface area contributed by atoms with Gasteiger partial charge in [-0.05, 0) is 19.1 Å². The van der Waals surface area contributed by atoms with Crippen LogP contribution in [0.4, 0.5) is 5.82 Å². The van der Waals surface area contributed by atoms with Crippen LogP contribution in [-0.2, 0) is 0 Å². The van der Waals surface area contributed by atoms with E-state index in [1.807, 2.05) is 42.8 Å². The van der Waals surface area contributed by atoms with Crippen molar-refractivity contribution >= 4 is 11.5 Å². The lowest BCUT2D eigenvalue weighted by Gasteiger charge is -2.25. The third-order valence-corrected chi connectivity index (χ3v) is 2.82. The largest absolute Gasteiger partial charge is 0.357 e. The molecule has 0 radical (unpaired) electrons. The Kier molecular flexibility index (Phi) is 2.78. The van der Waals surface area contributed by atoms with Gasteiger partial charge in [-0.2, -0.15) is 5.26 Å². The summed E-state index contributed by atoms with van der Waals surface area (Å²) >= 11 is 0. The first-order valence-corrected chi connectivity index (χ1v) is 5.26. The van der Waals surface area contributed by atoms with E-state index in [0.717, 1.165) is 11.5 Å². The summed E-state index contributed by atoms with van der Waals surface area (Å²) in [5, 5.41) is 8.71. The first kappa shape index (κ1) is 10.5. The zero-order valence-corrected chi connectivity index (χ0v) is 9.46. The monoisotopic (exact) mass is 214 g/mol. The summed E-state index contributed by atoms with van der Waals surface area (Å²) in [5.74, 6) is 1.05. The highest BCUT2D eigenvalue weighted by Gasteiger charge is 2.12. The van der Waals surface area contributed by atoms with E-state index in [4.69, 9.17) is 5.26 Å². The predicted molar refractivity (Wildman–Crippen MR) is 63.3 cm³/mol. The van der Waals surface area contributed by atoms with E-state index in [0.29, 0.717) is 6.42 Å². The van der Waals surface area contributed by atoms with E-state index < -0.39 is 0 Å². The second kappa shape index (κ2) is 4.23. The molecular weight excluding hydrogens is 200 g/mol. The van der Waals surface area contributed by atoms with Gasteiger partial charge in [-0.25, -0.2) is 4.98 Å². The highest BCUT2D eigenvalue weighted by molar-refractivity contribution is 5.51. The van der Waals surface area contributed by atoms with Crippen LogP contribution < -0.4 is 4.90 Å². The number of hydrogen-bond donors (Lipinski definition) is 0. The van der Waals surface area contributed by atoms with Crippen molar-refractivity contribution in [2.75, 3.05) is 11.9 Å². The minimum Gasteiger partial charge on any atom is -0.357 e. The van der Waals surface area contributed by atoms with Gasteiger partial charge in [-0.15, -0.1) is 0 Å². The van der Waals surface area contributed by atoms with Gasteiger partial charge >= 0.3 is 0 Å². The van der Waals surface area contributed by atoms with E-state index in [9.17, 15) is 0 Å². The topological polar surface area (TPSA) is 44.3 Å². The van der Waals surface area contributed by atoms with Crippen molar-refractivity contribution in [1.29, 1.82) is 5.26 Å². The SMILES string of the molecule is CC(CC#N)N(C)c1cccc2nccn12. The van der Waals surface area contributed by atoms with Crippen molar-refractivity contribution in [3.8, 4) is 6.07 Å². The summed E-state index contributed by atoms with van der Waals surface area (Å²) in [6.45, 7) is 2.04. The third kappa shape index (κ3) is 1.72. The average molecular weight is 214 g/mol. The van der Waals surface area contributed by atoms with E-state index in [2.05, 4.69) is 16.0 Å². The molecule has 0 spiro atoms. The van der Waals surface area contributed by atoms with Crippen LogP contribution in [0.2, 0.25) is 0 Å². The number of fused-ring (bicyclic) bond motifs is 1. The van der Waals surface area contributed by atoms with E-state index in [1.165, 1.54) is 0 Å². The smallest absolute Gasteiger partial charge is 0.138 e. The van der Waals surface area contributed by atoms with Crippen LogP contribution in [0.25, 0.3) is 5.65 Å². The fourth-order valence-corrected chi connectivity index (χ4v) is 1.71. The minimum atomic E-state index is 0.193. The van der Waals surface area contributed by atoms with Gasteiger partial charge in [-0.1, -0.05) is 6.07 Å². The van der Waals surface area contributed by atoms with Crippen LogP contribution in [-0.4, -0.2) is 22.5 Å². The molecule has 0 N–H and O–H groups in total. The molecule has 0 saturated heterocycles. The molecule has 2 aromatic rings. The maximum atomic E-state index is 8.71. The van der Waals surface area contributed by atoms with Crippen molar-refractivity contribution in [3.05, 3.63) is 30.6 Å². The second-order valence-electron chi connectivity index (χ2n) is 3.86. The molecular formula is C12H14N4. The molecule has 0 aliphatic rings. The van der Waals surface area contributed by atoms with E-state index in [-0.39, 0.29) is 6.04 Å². The molecule has 1 unspecified atom stereocenters. The molecule has 2 rings (SSSR count). The van der Waals surface area contributed by atoms with Gasteiger partial charge in [0.2, 0.25) is 0 Å². The quantitative estimate of drug-likeness (QED) is 0.785. The summed E-state index contributed by atoms with van der Waals surface area (Å²) < 4.78 is 2.02. The molecule has 82 valence electrons. The highest BCUT2D eigenvalue weighted by atomic mass is 15.2. The van der Waals surface area contributed by atoms with Crippen molar-refractivity contribution in [2.24, 2.45) is 0 Å². The molecule has 0 bridgehead atoms. The first-order valence-electron chi connectivity index (χ1n) is 5.26. The van der Waals surface area contributed by atoms with E-state index >= 15 is 0 Å². The predicted octanol–water partition coefficient (Wildman–Crippen LogP) is 2.07. The standard InChI is InChI=1S/C12H14N4/c1-10(6-7-13)15(2)12-5-3-4-11-14-8-9-16(11)12/h3-5,8-10H,6H2,1-2H3. The Bertz CT molecular complexity index is 523. The molecule has 2 aromatic heterocycles. The molecule has 0 saturated carbocycles. The molecule has 4 nitrogen and oxygen atoms in total. The van der Waals surface area contributed by atoms with Gasteiger partial charge in [0.25, 0.3) is 0 Å². The van der Waals surface area contributed by atoms with Crippen LogP contribution in [0.3, 0.4) is 0 Å². The molecule has 0 aliphatic carbocycles. The lowest BCUT2D eigenvalue weighted by atomic mass is 10.2. The zero-order chi connectivity index (χ0) is 11.5. The summed E-state index contributed by atoms with van der Waals surface area (Å²) in [7, 11) is 2.00. The van der Waals surface area contributed by atoms with Crippen LogP contribution in [0, 0.1) is 11.3 Å². The summed E-state index contributed by atoms with van der Waals surface area (Å²) in [6, 6.07) is 8.36. The van der Waals surface area contributed by atoms with Gasteiger partial charge in [-0.3, -0.25) is 4.40 Å². The lowest BCUT2D eigenvalue weighted by molar-refractivity contribution is 0.690. The number of imidazole rings is 1.